The third kappa shape index (κ3) is 4.51. The van der Waals surface area contributed by atoms with Gasteiger partial charge >= 0.3 is 0 Å². The number of halogens is 2. The lowest BCUT2D eigenvalue weighted by Gasteiger charge is -2.37. The molecular formula is C17H25BrFN3. The van der Waals surface area contributed by atoms with E-state index in [4.69, 9.17) is 0 Å². The second kappa shape index (κ2) is 7.86. The molecule has 2 aliphatic rings. The van der Waals surface area contributed by atoms with Gasteiger partial charge < -0.3 is 10.2 Å². The zero-order chi connectivity index (χ0) is 15.4. The summed E-state index contributed by atoms with van der Waals surface area (Å²) in [6.07, 6.45) is 2.69. The predicted molar refractivity (Wildman–Crippen MR) is 91.4 cm³/mol. The molecule has 122 valence electrons. The molecule has 5 heteroatoms. The van der Waals surface area contributed by atoms with Gasteiger partial charge in [0.25, 0.3) is 0 Å². The lowest BCUT2D eigenvalue weighted by molar-refractivity contribution is 0.108. The fourth-order valence-electron chi connectivity index (χ4n) is 3.47. The molecule has 2 saturated heterocycles. The number of piperazine rings is 1. The van der Waals surface area contributed by atoms with E-state index in [9.17, 15) is 4.39 Å². The molecule has 0 spiro atoms. The lowest BCUT2D eigenvalue weighted by Crippen LogP contribution is -2.48. The van der Waals surface area contributed by atoms with Crippen LogP contribution < -0.4 is 5.32 Å². The highest BCUT2D eigenvalue weighted by atomic mass is 79.9. The number of piperidine rings is 1. The SMILES string of the molecule is Fc1cc(CN2CCN(CC3CCCNC3)CC2)ccc1Br. The van der Waals surface area contributed by atoms with Gasteiger partial charge in [0, 0.05) is 39.3 Å². The monoisotopic (exact) mass is 369 g/mol. The highest BCUT2D eigenvalue weighted by Crippen LogP contribution is 2.18. The topological polar surface area (TPSA) is 18.5 Å². The van der Waals surface area contributed by atoms with Crippen molar-refractivity contribution in [1.29, 1.82) is 0 Å². The Morgan fingerprint density at radius 1 is 1.18 bits per heavy atom. The molecule has 0 bridgehead atoms. The normalized spacial score (nSPS) is 24.5. The Kier molecular flexibility index (Phi) is 5.85. The molecule has 1 unspecified atom stereocenters. The van der Waals surface area contributed by atoms with Gasteiger partial charge in [0.1, 0.15) is 5.82 Å². The Labute approximate surface area is 141 Å². The summed E-state index contributed by atoms with van der Waals surface area (Å²) in [5, 5.41) is 3.50. The zero-order valence-corrected chi connectivity index (χ0v) is 14.6. The first-order valence-electron chi connectivity index (χ1n) is 8.30. The molecule has 1 atom stereocenters. The summed E-state index contributed by atoms with van der Waals surface area (Å²) in [5.41, 5.74) is 1.06. The highest BCUT2D eigenvalue weighted by molar-refractivity contribution is 9.10. The number of nitrogens with one attached hydrogen (secondary N) is 1. The van der Waals surface area contributed by atoms with Gasteiger partial charge in [-0.15, -0.1) is 0 Å². The van der Waals surface area contributed by atoms with Crippen molar-refractivity contribution in [2.45, 2.75) is 19.4 Å². The van der Waals surface area contributed by atoms with Gasteiger partial charge in [0.2, 0.25) is 0 Å². The van der Waals surface area contributed by atoms with E-state index in [-0.39, 0.29) is 5.82 Å². The fraction of sp³-hybridized carbons (Fsp3) is 0.647. The highest BCUT2D eigenvalue weighted by Gasteiger charge is 2.21. The minimum atomic E-state index is -0.166. The van der Waals surface area contributed by atoms with Gasteiger partial charge in [-0.05, 0) is 65.5 Å². The van der Waals surface area contributed by atoms with Crippen LogP contribution in [0.3, 0.4) is 0 Å². The van der Waals surface area contributed by atoms with Crippen LogP contribution in [-0.4, -0.2) is 55.6 Å². The lowest BCUT2D eigenvalue weighted by atomic mass is 9.99. The van der Waals surface area contributed by atoms with Crippen LogP contribution in [0.2, 0.25) is 0 Å². The van der Waals surface area contributed by atoms with Crippen molar-refractivity contribution in [1.82, 2.24) is 15.1 Å². The van der Waals surface area contributed by atoms with E-state index in [0.29, 0.717) is 4.47 Å². The van der Waals surface area contributed by atoms with Crippen molar-refractivity contribution in [3.05, 3.63) is 34.1 Å². The smallest absolute Gasteiger partial charge is 0.137 e. The van der Waals surface area contributed by atoms with Crippen LogP contribution in [-0.2, 0) is 6.54 Å². The summed E-state index contributed by atoms with van der Waals surface area (Å²) < 4.78 is 14.1. The van der Waals surface area contributed by atoms with Crippen molar-refractivity contribution in [3.8, 4) is 0 Å². The molecule has 3 rings (SSSR count). The van der Waals surface area contributed by atoms with Crippen molar-refractivity contribution < 1.29 is 4.39 Å². The Balaban J connectivity index is 1.44. The van der Waals surface area contributed by atoms with Crippen molar-refractivity contribution in [3.63, 3.8) is 0 Å². The number of benzene rings is 1. The number of hydrogen-bond donors (Lipinski definition) is 1. The van der Waals surface area contributed by atoms with Gasteiger partial charge in [-0.25, -0.2) is 4.39 Å². The maximum absolute atomic E-state index is 13.6. The predicted octanol–water partition coefficient (Wildman–Crippen LogP) is 2.71. The second-order valence-electron chi connectivity index (χ2n) is 6.54. The molecule has 22 heavy (non-hydrogen) atoms. The first kappa shape index (κ1) is 16.4. The van der Waals surface area contributed by atoms with E-state index in [0.717, 1.165) is 44.2 Å². The quantitative estimate of drug-likeness (QED) is 0.879. The van der Waals surface area contributed by atoms with Crippen LogP contribution in [0.1, 0.15) is 18.4 Å². The van der Waals surface area contributed by atoms with Crippen molar-refractivity contribution in [2.24, 2.45) is 5.92 Å². The van der Waals surface area contributed by atoms with Crippen LogP contribution in [0.5, 0.6) is 0 Å². The molecule has 2 heterocycles. The van der Waals surface area contributed by atoms with E-state index in [2.05, 4.69) is 31.0 Å². The molecule has 2 aliphatic heterocycles. The average molecular weight is 370 g/mol. The van der Waals surface area contributed by atoms with Crippen molar-refractivity contribution >= 4 is 15.9 Å². The van der Waals surface area contributed by atoms with E-state index in [1.165, 1.54) is 32.5 Å². The summed E-state index contributed by atoms with van der Waals surface area (Å²) in [6, 6.07) is 5.45. The van der Waals surface area contributed by atoms with Crippen LogP contribution >= 0.6 is 15.9 Å². The van der Waals surface area contributed by atoms with Gasteiger partial charge in [-0.2, -0.15) is 0 Å². The maximum atomic E-state index is 13.6. The molecule has 1 aromatic carbocycles. The summed E-state index contributed by atoms with van der Waals surface area (Å²) in [5.74, 6) is 0.654. The van der Waals surface area contributed by atoms with E-state index in [1.807, 2.05) is 6.07 Å². The Bertz CT molecular complexity index is 483. The van der Waals surface area contributed by atoms with Crippen molar-refractivity contribution in [2.75, 3.05) is 45.8 Å². The minimum Gasteiger partial charge on any atom is -0.316 e. The average Bonchev–Trinajstić information content (AvgIpc) is 2.54. The molecular weight excluding hydrogens is 345 g/mol. The molecule has 0 radical (unpaired) electrons. The van der Waals surface area contributed by atoms with Gasteiger partial charge in [-0.1, -0.05) is 6.07 Å². The molecule has 2 fully saturated rings. The van der Waals surface area contributed by atoms with E-state index in [1.54, 1.807) is 12.1 Å². The standard InChI is InChI=1S/C17H25BrFN3/c18-16-4-3-14(10-17(16)19)12-21-6-8-22(9-7-21)13-15-2-1-5-20-11-15/h3-4,10,15,20H,1-2,5-9,11-13H2. The zero-order valence-electron chi connectivity index (χ0n) is 13.0. The first-order chi connectivity index (χ1) is 10.7. The maximum Gasteiger partial charge on any atom is 0.137 e. The molecule has 0 aliphatic carbocycles. The second-order valence-corrected chi connectivity index (χ2v) is 7.39. The largest absolute Gasteiger partial charge is 0.316 e. The van der Waals surface area contributed by atoms with Crippen LogP contribution in [0.25, 0.3) is 0 Å². The third-order valence-electron chi connectivity index (χ3n) is 4.77. The number of rotatable bonds is 4. The fourth-order valence-corrected chi connectivity index (χ4v) is 3.72. The molecule has 1 aromatic rings. The first-order valence-corrected chi connectivity index (χ1v) is 9.09. The number of nitrogens with zero attached hydrogens (tertiary/aromatic N) is 2. The molecule has 0 amide bonds. The summed E-state index contributed by atoms with van der Waals surface area (Å²) >= 11 is 3.21. The van der Waals surface area contributed by atoms with Gasteiger partial charge in [0.05, 0.1) is 4.47 Å². The molecule has 0 saturated carbocycles. The molecule has 1 N–H and O–H groups in total. The summed E-state index contributed by atoms with van der Waals surface area (Å²) in [7, 11) is 0. The van der Waals surface area contributed by atoms with E-state index < -0.39 is 0 Å². The third-order valence-corrected chi connectivity index (χ3v) is 5.41. The van der Waals surface area contributed by atoms with Crippen LogP contribution in [0.15, 0.2) is 22.7 Å². The van der Waals surface area contributed by atoms with Gasteiger partial charge in [-0.3, -0.25) is 4.90 Å². The van der Waals surface area contributed by atoms with E-state index >= 15 is 0 Å². The Morgan fingerprint density at radius 2 is 1.95 bits per heavy atom. The Morgan fingerprint density at radius 3 is 2.64 bits per heavy atom. The van der Waals surface area contributed by atoms with Gasteiger partial charge in [0.15, 0.2) is 0 Å². The van der Waals surface area contributed by atoms with Crippen LogP contribution in [0.4, 0.5) is 4.39 Å². The molecule has 3 nitrogen and oxygen atoms in total. The van der Waals surface area contributed by atoms with Crippen LogP contribution in [0, 0.1) is 11.7 Å². The minimum absolute atomic E-state index is 0.166. The summed E-state index contributed by atoms with van der Waals surface area (Å²) in [4.78, 5) is 5.02. The molecule has 0 aromatic heterocycles. The Hall–Kier alpha value is -0.490. The number of hydrogen-bond acceptors (Lipinski definition) is 3. The summed E-state index contributed by atoms with van der Waals surface area (Å²) in [6.45, 7) is 8.88.